The van der Waals surface area contributed by atoms with E-state index in [4.69, 9.17) is 0 Å². The van der Waals surface area contributed by atoms with Gasteiger partial charge in [0.15, 0.2) is 0 Å². The van der Waals surface area contributed by atoms with E-state index in [0.717, 1.165) is 25.9 Å². The average molecular weight is 662 g/mol. The summed E-state index contributed by atoms with van der Waals surface area (Å²) in [6, 6.07) is -0.251. The molecule has 0 spiro atoms. The van der Waals surface area contributed by atoms with Crippen LogP contribution < -0.4 is 21.3 Å². The third kappa shape index (κ3) is 26.9. The summed E-state index contributed by atoms with van der Waals surface area (Å²) in [5.74, 6) is 0.332. The molecule has 0 atom stereocenters. The van der Waals surface area contributed by atoms with E-state index in [-0.39, 0.29) is 35.6 Å². The Balaban J connectivity index is -0.000000603. The monoisotopic (exact) mass is 661 g/mol. The van der Waals surface area contributed by atoms with Crippen LogP contribution in [0.5, 0.6) is 0 Å². The van der Waals surface area contributed by atoms with Crippen LogP contribution in [0.25, 0.3) is 0 Å². The highest BCUT2D eigenvalue weighted by Gasteiger charge is 2.12. The fourth-order valence-corrected chi connectivity index (χ4v) is 3.80. The minimum atomic E-state index is -0.450. The topological polar surface area (TPSA) is 160 Å². The Morgan fingerprint density at radius 2 is 0.848 bits per heavy atom. The lowest BCUT2D eigenvalue weighted by atomic mass is 10.3. The Kier molecular flexibility index (Phi) is 33.6. The summed E-state index contributed by atoms with van der Waals surface area (Å²) in [5, 5.41) is 10.7. The zero-order chi connectivity index (χ0) is 35.8. The van der Waals surface area contributed by atoms with Crippen LogP contribution in [0.15, 0.2) is 0 Å². The first kappa shape index (κ1) is 47.0. The minimum Gasteiger partial charge on any atom is -0.354 e. The van der Waals surface area contributed by atoms with Gasteiger partial charge in [0.2, 0.25) is 29.5 Å². The number of carbonyl (C=O) groups excluding carboxylic acids is 6. The highest BCUT2D eigenvalue weighted by molar-refractivity contribution is 5.78. The lowest BCUT2D eigenvalue weighted by Gasteiger charge is -2.21. The van der Waals surface area contributed by atoms with Gasteiger partial charge in [0, 0.05) is 98.1 Å². The summed E-state index contributed by atoms with van der Waals surface area (Å²) in [6.45, 7) is 17.8. The smallest absolute Gasteiger partial charge is 0.317 e. The number of urea groups is 1. The number of rotatable bonds is 21. The van der Waals surface area contributed by atoms with Crippen molar-refractivity contribution in [2.24, 2.45) is 0 Å². The van der Waals surface area contributed by atoms with Gasteiger partial charge in [0.05, 0.1) is 6.67 Å². The molecule has 270 valence electrons. The fourth-order valence-electron chi connectivity index (χ4n) is 3.80. The largest absolute Gasteiger partial charge is 0.354 e. The molecule has 0 saturated carbocycles. The van der Waals surface area contributed by atoms with E-state index in [1.807, 2.05) is 41.5 Å². The number of carbonyl (C=O) groups is 6. The second-order valence-corrected chi connectivity index (χ2v) is 10.2. The van der Waals surface area contributed by atoms with Crippen molar-refractivity contribution in [1.29, 1.82) is 0 Å². The number of amides is 7. The van der Waals surface area contributed by atoms with Gasteiger partial charge in [0.25, 0.3) is 0 Å². The SMILES string of the molecule is CCC(=O)NCCN(CCCF)C(=O)NC.CCCN(CCNC(=O)CC)C(=O)CC.CCCN(CCNC(=O)CC)C(=O)CC. The van der Waals surface area contributed by atoms with Crippen LogP contribution >= 0.6 is 0 Å². The van der Waals surface area contributed by atoms with Gasteiger partial charge in [-0.1, -0.05) is 48.5 Å². The zero-order valence-electron chi connectivity index (χ0n) is 29.9. The van der Waals surface area contributed by atoms with Gasteiger partial charge >= 0.3 is 6.03 Å². The summed E-state index contributed by atoms with van der Waals surface area (Å²) in [5.41, 5.74) is 0. The lowest BCUT2D eigenvalue weighted by molar-refractivity contribution is -0.131. The van der Waals surface area contributed by atoms with E-state index in [0.29, 0.717) is 84.3 Å². The van der Waals surface area contributed by atoms with Crippen LogP contribution in [0.2, 0.25) is 0 Å². The Morgan fingerprint density at radius 1 is 0.500 bits per heavy atom. The van der Waals surface area contributed by atoms with Crippen molar-refractivity contribution in [1.82, 2.24) is 36.0 Å². The molecule has 0 radical (unpaired) electrons. The maximum absolute atomic E-state index is 12.0. The van der Waals surface area contributed by atoms with Gasteiger partial charge in [0.1, 0.15) is 0 Å². The van der Waals surface area contributed by atoms with Crippen LogP contribution in [-0.4, -0.2) is 123 Å². The molecule has 46 heavy (non-hydrogen) atoms. The zero-order valence-corrected chi connectivity index (χ0v) is 29.9. The minimum absolute atomic E-state index is 0.0374. The van der Waals surface area contributed by atoms with Gasteiger partial charge in [-0.05, 0) is 19.3 Å². The first-order chi connectivity index (χ1) is 22.0. The molecule has 0 bridgehead atoms. The van der Waals surface area contributed by atoms with Crippen LogP contribution in [0, 0.1) is 0 Å². The predicted octanol–water partition coefficient (Wildman–Crippen LogP) is 2.84. The van der Waals surface area contributed by atoms with Crippen molar-refractivity contribution in [2.45, 2.75) is 99.8 Å². The van der Waals surface area contributed by atoms with Crippen LogP contribution in [-0.2, 0) is 24.0 Å². The molecule has 7 amide bonds. The number of nitrogens with one attached hydrogen (secondary N) is 4. The number of halogens is 1. The van der Waals surface area contributed by atoms with Crippen molar-refractivity contribution < 1.29 is 33.2 Å². The lowest BCUT2D eigenvalue weighted by Crippen LogP contribution is -2.43. The summed E-state index contributed by atoms with van der Waals surface area (Å²) in [7, 11) is 1.52. The van der Waals surface area contributed by atoms with E-state index < -0.39 is 6.67 Å². The predicted molar refractivity (Wildman–Crippen MR) is 181 cm³/mol. The molecule has 0 rings (SSSR count). The molecule has 0 saturated heterocycles. The van der Waals surface area contributed by atoms with Crippen LogP contribution in [0.4, 0.5) is 9.18 Å². The molecule has 0 aromatic rings. The molecule has 0 aromatic heterocycles. The standard InChI is InChI=1S/2C11H22N2O2.C10H20FN3O2/c2*1-4-8-13(11(15)6-3)9-7-12-10(14)5-2;1-3-9(15)13-6-8-14(7-4-5-11)10(16)12-2/h2*4-9H2,1-3H3,(H,12,14);3-8H2,1-2H3,(H,12,16)(H,13,15). The van der Waals surface area contributed by atoms with Gasteiger partial charge in [-0.15, -0.1) is 0 Å². The number of nitrogens with zero attached hydrogens (tertiary/aromatic N) is 3. The number of alkyl halides is 1. The van der Waals surface area contributed by atoms with Crippen molar-refractivity contribution in [3.05, 3.63) is 0 Å². The number of hydrogen-bond donors (Lipinski definition) is 4. The first-order valence-electron chi connectivity index (χ1n) is 16.8. The molecule has 0 aliphatic rings. The van der Waals surface area contributed by atoms with Crippen molar-refractivity contribution in [3.8, 4) is 0 Å². The van der Waals surface area contributed by atoms with E-state index >= 15 is 0 Å². The Morgan fingerprint density at radius 3 is 1.11 bits per heavy atom. The molecule has 14 heteroatoms. The highest BCUT2D eigenvalue weighted by Crippen LogP contribution is 1.97. The highest BCUT2D eigenvalue weighted by atomic mass is 19.1. The average Bonchev–Trinajstić information content (AvgIpc) is 3.07. The van der Waals surface area contributed by atoms with E-state index in [1.165, 1.54) is 11.9 Å². The molecule has 0 aliphatic carbocycles. The van der Waals surface area contributed by atoms with Gasteiger partial charge in [-0.25, -0.2) is 4.79 Å². The molecule has 0 fully saturated rings. The van der Waals surface area contributed by atoms with Gasteiger partial charge in [-0.2, -0.15) is 0 Å². The van der Waals surface area contributed by atoms with Crippen LogP contribution in [0.1, 0.15) is 99.8 Å². The normalized spacial score (nSPS) is 9.76. The van der Waals surface area contributed by atoms with Crippen molar-refractivity contribution in [3.63, 3.8) is 0 Å². The molecule has 0 aromatic carbocycles. The van der Waals surface area contributed by atoms with E-state index in [9.17, 15) is 33.2 Å². The summed E-state index contributed by atoms with van der Waals surface area (Å²) in [6.07, 6.45) is 4.69. The Hall–Kier alpha value is -3.45. The molecular formula is C32H64FN7O6. The molecule has 0 aliphatic heterocycles. The summed E-state index contributed by atoms with van der Waals surface area (Å²) in [4.78, 5) is 72.3. The number of hydrogen-bond acceptors (Lipinski definition) is 6. The van der Waals surface area contributed by atoms with E-state index in [1.54, 1.807) is 16.7 Å². The molecule has 0 heterocycles. The molecule has 13 nitrogen and oxygen atoms in total. The maximum atomic E-state index is 12.0. The van der Waals surface area contributed by atoms with Crippen molar-refractivity contribution in [2.75, 3.05) is 72.6 Å². The Labute approximate surface area is 277 Å². The third-order valence-corrected chi connectivity index (χ3v) is 6.44. The second-order valence-electron chi connectivity index (χ2n) is 10.2. The Bertz CT molecular complexity index is 804. The second kappa shape index (κ2) is 32.9. The van der Waals surface area contributed by atoms with Gasteiger partial charge in [-0.3, -0.25) is 28.4 Å². The van der Waals surface area contributed by atoms with Gasteiger partial charge < -0.3 is 36.0 Å². The molecule has 4 N–H and O–H groups in total. The molecular weight excluding hydrogens is 597 g/mol. The quantitative estimate of drug-likeness (QED) is 0.148. The van der Waals surface area contributed by atoms with Crippen molar-refractivity contribution >= 4 is 35.6 Å². The van der Waals surface area contributed by atoms with Crippen LogP contribution in [0.3, 0.4) is 0 Å². The summed E-state index contributed by atoms with van der Waals surface area (Å²) < 4.78 is 12.0. The third-order valence-electron chi connectivity index (χ3n) is 6.44. The maximum Gasteiger partial charge on any atom is 0.317 e. The first-order valence-corrected chi connectivity index (χ1v) is 16.8. The van der Waals surface area contributed by atoms with E-state index in [2.05, 4.69) is 21.3 Å². The fraction of sp³-hybridized carbons (Fsp3) is 0.812. The summed E-state index contributed by atoms with van der Waals surface area (Å²) >= 11 is 0. The molecule has 0 unspecified atom stereocenters.